The van der Waals surface area contributed by atoms with Gasteiger partial charge in [-0.2, -0.15) is 5.26 Å². The molecule has 0 aliphatic rings. The van der Waals surface area contributed by atoms with Crippen LogP contribution in [0.1, 0.15) is 25.8 Å². The van der Waals surface area contributed by atoms with Crippen molar-refractivity contribution in [2.45, 2.75) is 20.3 Å². The van der Waals surface area contributed by atoms with Gasteiger partial charge in [-0.15, -0.1) is 6.42 Å². The fraction of sp³-hybridized carbons (Fsp3) is 0.333. The second-order valence-corrected chi connectivity index (χ2v) is 5.09. The summed E-state index contributed by atoms with van der Waals surface area (Å²) in [7, 11) is 0. The largest absolute Gasteiger partial charge is 0.490 e. The van der Waals surface area contributed by atoms with Gasteiger partial charge in [0.2, 0.25) is 0 Å². The molecule has 1 amide bonds. The van der Waals surface area contributed by atoms with Crippen LogP contribution in [0, 0.1) is 23.7 Å². The topological polar surface area (TPSA) is 71.3 Å². The monoisotopic (exact) mass is 346 g/mol. The number of rotatable bonds is 8. The Labute approximate surface area is 147 Å². The van der Waals surface area contributed by atoms with Crippen molar-refractivity contribution in [1.82, 2.24) is 5.32 Å². The first-order valence-electron chi connectivity index (χ1n) is 7.49. The van der Waals surface area contributed by atoms with Crippen molar-refractivity contribution in [3.05, 3.63) is 28.3 Å². The third kappa shape index (κ3) is 5.53. The fourth-order valence-corrected chi connectivity index (χ4v) is 2.11. The maximum absolute atomic E-state index is 11.9. The van der Waals surface area contributed by atoms with Gasteiger partial charge in [0.25, 0.3) is 5.91 Å². The number of halogens is 1. The lowest BCUT2D eigenvalue weighted by molar-refractivity contribution is -0.117. The van der Waals surface area contributed by atoms with Crippen LogP contribution in [0.15, 0.2) is 17.7 Å². The third-order valence-electron chi connectivity index (χ3n) is 2.84. The van der Waals surface area contributed by atoms with Crippen LogP contribution in [0.3, 0.4) is 0 Å². The first-order chi connectivity index (χ1) is 11.6. The summed E-state index contributed by atoms with van der Waals surface area (Å²) in [5.74, 6) is 2.67. The fourth-order valence-electron chi connectivity index (χ4n) is 1.84. The van der Waals surface area contributed by atoms with Crippen LogP contribution in [-0.4, -0.2) is 25.7 Å². The molecule has 0 aromatic heterocycles. The van der Waals surface area contributed by atoms with Crippen molar-refractivity contribution in [3.8, 4) is 29.9 Å². The first kappa shape index (κ1) is 19.4. The molecule has 126 valence electrons. The Morgan fingerprint density at radius 2 is 2.17 bits per heavy atom. The molecule has 0 radical (unpaired) electrons. The van der Waals surface area contributed by atoms with Gasteiger partial charge in [-0.05, 0) is 37.1 Å². The zero-order valence-corrected chi connectivity index (χ0v) is 14.4. The van der Waals surface area contributed by atoms with Crippen molar-refractivity contribution in [1.29, 1.82) is 5.26 Å². The molecule has 0 fully saturated rings. The summed E-state index contributed by atoms with van der Waals surface area (Å²) < 4.78 is 10.9. The number of terminal acetylenes is 1. The molecule has 0 spiro atoms. The summed E-state index contributed by atoms with van der Waals surface area (Å²) in [4.78, 5) is 11.9. The van der Waals surface area contributed by atoms with E-state index in [-0.39, 0.29) is 17.2 Å². The Balaban J connectivity index is 3.19. The quantitative estimate of drug-likeness (QED) is 0.446. The molecule has 24 heavy (non-hydrogen) atoms. The minimum atomic E-state index is -0.430. The SMILES string of the molecule is C#CCOc1c(Cl)cc(C=C(C#N)C(=O)NCCC)cc1OCC. The molecule has 0 saturated carbocycles. The number of nitrogens with zero attached hydrogens (tertiary/aromatic N) is 1. The molecule has 0 bridgehead atoms. The molecule has 0 atom stereocenters. The van der Waals surface area contributed by atoms with E-state index in [1.165, 1.54) is 6.08 Å². The summed E-state index contributed by atoms with van der Waals surface area (Å²) in [6.45, 7) is 4.71. The number of nitriles is 1. The molecule has 0 aliphatic carbocycles. The number of benzene rings is 1. The minimum Gasteiger partial charge on any atom is -0.490 e. The Hall–Kier alpha value is -2.63. The summed E-state index contributed by atoms with van der Waals surface area (Å²) in [5, 5.41) is 12.1. The van der Waals surface area contributed by atoms with Crippen molar-refractivity contribution in [2.24, 2.45) is 0 Å². The molecular formula is C18H19ClN2O3. The number of carbonyl (C=O) groups is 1. The zero-order chi connectivity index (χ0) is 17.9. The zero-order valence-electron chi connectivity index (χ0n) is 13.7. The standard InChI is InChI=1S/C18H19ClN2O3/c1-4-7-21-18(22)14(12-20)9-13-10-15(19)17(24-8-5-2)16(11-13)23-6-3/h2,9-11H,4,6-8H2,1,3H3,(H,21,22). The van der Waals surface area contributed by atoms with Crippen LogP contribution in [0.5, 0.6) is 11.5 Å². The molecule has 5 nitrogen and oxygen atoms in total. The molecule has 0 saturated heterocycles. The smallest absolute Gasteiger partial charge is 0.261 e. The highest BCUT2D eigenvalue weighted by Gasteiger charge is 2.14. The highest BCUT2D eigenvalue weighted by molar-refractivity contribution is 6.32. The van der Waals surface area contributed by atoms with Crippen LogP contribution in [0.25, 0.3) is 6.08 Å². The molecule has 0 heterocycles. The van der Waals surface area contributed by atoms with E-state index in [0.29, 0.717) is 30.2 Å². The van der Waals surface area contributed by atoms with Gasteiger partial charge in [0.15, 0.2) is 11.5 Å². The Morgan fingerprint density at radius 3 is 2.75 bits per heavy atom. The number of carbonyl (C=O) groups excluding carboxylic acids is 1. The van der Waals surface area contributed by atoms with Crippen LogP contribution in [0.4, 0.5) is 0 Å². The number of ether oxygens (including phenoxy) is 2. The van der Waals surface area contributed by atoms with Crippen LogP contribution in [0.2, 0.25) is 5.02 Å². The Bertz CT molecular complexity index is 699. The predicted octanol–water partition coefficient (Wildman–Crippen LogP) is 3.18. The highest BCUT2D eigenvalue weighted by atomic mass is 35.5. The molecule has 0 aliphatic heterocycles. The van der Waals surface area contributed by atoms with Crippen molar-refractivity contribution in [3.63, 3.8) is 0 Å². The van der Waals surface area contributed by atoms with Gasteiger partial charge in [0, 0.05) is 6.54 Å². The van der Waals surface area contributed by atoms with Crippen LogP contribution in [-0.2, 0) is 4.79 Å². The second-order valence-electron chi connectivity index (χ2n) is 4.68. The third-order valence-corrected chi connectivity index (χ3v) is 3.12. The van der Waals surface area contributed by atoms with E-state index in [1.807, 2.05) is 19.9 Å². The van der Waals surface area contributed by atoms with Gasteiger partial charge in [-0.25, -0.2) is 0 Å². The number of hydrogen-bond acceptors (Lipinski definition) is 4. The van der Waals surface area contributed by atoms with Gasteiger partial charge in [0.05, 0.1) is 11.6 Å². The van der Waals surface area contributed by atoms with Crippen LogP contribution >= 0.6 is 11.6 Å². The lowest BCUT2D eigenvalue weighted by atomic mass is 10.1. The number of hydrogen-bond donors (Lipinski definition) is 1. The lowest BCUT2D eigenvalue weighted by Crippen LogP contribution is -2.25. The van der Waals surface area contributed by atoms with E-state index in [9.17, 15) is 10.1 Å². The second kappa shape index (κ2) is 10.2. The molecule has 1 aromatic carbocycles. The minimum absolute atomic E-state index is 0.0146. The van der Waals surface area contributed by atoms with Crippen molar-refractivity contribution >= 4 is 23.6 Å². The summed E-state index contributed by atoms with van der Waals surface area (Å²) in [6, 6.07) is 5.11. The van der Waals surface area contributed by atoms with E-state index in [2.05, 4.69) is 11.2 Å². The molecule has 6 heteroatoms. The molecule has 0 unspecified atom stereocenters. The van der Waals surface area contributed by atoms with E-state index in [4.69, 9.17) is 27.5 Å². The molecule has 1 N–H and O–H groups in total. The van der Waals surface area contributed by atoms with E-state index < -0.39 is 5.91 Å². The van der Waals surface area contributed by atoms with Crippen molar-refractivity contribution < 1.29 is 14.3 Å². The number of amides is 1. The Morgan fingerprint density at radius 1 is 1.42 bits per heavy atom. The first-order valence-corrected chi connectivity index (χ1v) is 7.87. The van der Waals surface area contributed by atoms with E-state index >= 15 is 0 Å². The van der Waals surface area contributed by atoms with E-state index in [0.717, 1.165) is 6.42 Å². The summed E-state index contributed by atoms with van der Waals surface area (Å²) in [5.41, 5.74) is 0.541. The maximum atomic E-state index is 11.9. The van der Waals surface area contributed by atoms with Gasteiger partial charge >= 0.3 is 0 Å². The highest BCUT2D eigenvalue weighted by Crippen LogP contribution is 2.37. The van der Waals surface area contributed by atoms with Crippen LogP contribution < -0.4 is 14.8 Å². The van der Waals surface area contributed by atoms with Crippen molar-refractivity contribution in [2.75, 3.05) is 19.8 Å². The van der Waals surface area contributed by atoms with E-state index in [1.54, 1.807) is 12.1 Å². The summed E-state index contributed by atoms with van der Waals surface area (Å²) in [6.07, 6.45) is 7.42. The molecular weight excluding hydrogens is 328 g/mol. The predicted molar refractivity (Wildman–Crippen MR) is 93.8 cm³/mol. The Kier molecular flexibility index (Phi) is 8.25. The average Bonchev–Trinajstić information content (AvgIpc) is 2.57. The maximum Gasteiger partial charge on any atom is 0.261 e. The molecule has 1 rings (SSSR count). The van der Waals surface area contributed by atoms with Gasteiger partial charge in [-0.1, -0.05) is 24.4 Å². The summed E-state index contributed by atoms with van der Waals surface area (Å²) >= 11 is 6.21. The number of nitrogens with one attached hydrogen (secondary N) is 1. The van der Waals surface area contributed by atoms with Gasteiger partial charge < -0.3 is 14.8 Å². The van der Waals surface area contributed by atoms with Gasteiger partial charge in [-0.3, -0.25) is 4.79 Å². The normalized spacial score (nSPS) is 10.5. The lowest BCUT2D eigenvalue weighted by Gasteiger charge is -2.13. The average molecular weight is 347 g/mol. The van der Waals surface area contributed by atoms with Gasteiger partial charge in [0.1, 0.15) is 18.2 Å². The molecule has 1 aromatic rings.